The SMILES string of the molecule is CCC=Cc1cn(CC(C)C)c(=O)n1Cc1ccc(-c2ccccc2C(=O)O)cc1. The molecule has 3 aromatic rings. The van der Waals surface area contributed by atoms with E-state index in [0.29, 0.717) is 24.6 Å². The van der Waals surface area contributed by atoms with Gasteiger partial charge in [0.1, 0.15) is 0 Å². The summed E-state index contributed by atoms with van der Waals surface area (Å²) >= 11 is 0. The first kappa shape index (κ1) is 21.4. The fourth-order valence-electron chi connectivity index (χ4n) is 3.50. The second kappa shape index (κ2) is 9.44. The summed E-state index contributed by atoms with van der Waals surface area (Å²) in [6.45, 7) is 7.41. The summed E-state index contributed by atoms with van der Waals surface area (Å²) in [5.74, 6) is -0.560. The van der Waals surface area contributed by atoms with Crippen LogP contribution in [0.1, 0.15) is 48.8 Å². The largest absolute Gasteiger partial charge is 0.478 e. The maximum absolute atomic E-state index is 12.9. The molecule has 1 aromatic heterocycles. The lowest BCUT2D eigenvalue weighted by Crippen LogP contribution is -2.26. The molecule has 0 aliphatic rings. The highest BCUT2D eigenvalue weighted by Crippen LogP contribution is 2.24. The highest BCUT2D eigenvalue weighted by atomic mass is 16.4. The Balaban J connectivity index is 1.92. The number of nitrogens with zero attached hydrogens (tertiary/aromatic N) is 2. The van der Waals surface area contributed by atoms with Gasteiger partial charge in [0.05, 0.1) is 17.8 Å². The molecule has 0 atom stereocenters. The van der Waals surface area contributed by atoms with E-state index in [1.165, 1.54) is 0 Å². The van der Waals surface area contributed by atoms with Gasteiger partial charge >= 0.3 is 11.7 Å². The van der Waals surface area contributed by atoms with Crippen LogP contribution in [0, 0.1) is 5.92 Å². The van der Waals surface area contributed by atoms with Crippen LogP contribution in [0.4, 0.5) is 0 Å². The zero-order valence-corrected chi connectivity index (χ0v) is 17.7. The van der Waals surface area contributed by atoms with Crippen molar-refractivity contribution in [1.29, 1.82) is 0 Å². The van der Waals surface area contributed by atoms with Crippen LogP contribution in [0.25, 0.3) is 17.2 Å². The minimum atomic E-state index is -0.944. The van der Waals surface area contributed by atoms with Crippen molar-refractivity contribution in [3.8, 4) is 11.1 Å². The minimum absolute atomic E-state index is 0.0141. The van der Waals surface area contributed by atoms with E-state index in [2.05, 4.69) is 26.8 Å². The van der Waals surface area contributed by atoms with E-state index in [0.717, 1.165) is 23.2 Å². The number of carbonyl (C=O) groups is 1. The molecule has 0 aliphatic carbocycles. The van der Waals surface area contributed by atoms with E-state index in [4.69, 9.17) is 0 Å². The first-order chi connectivity index (χ1) is 14.4. The van der Waals surface area contributed by atoms with Crippen LogP contribution in [0.15, 0.2) is 65.6 Å². The number of hydrogen-bond acceptors (Lipinski definition) is 2. The average molecular weight is 405 g/mol. The first-order valence-electron chi connectivity index (χ1n) is 10.3. The number of rotatable bonds is 8. The van der Waals surface area contributed by atoms with Gasteiger partial charge in [0.25, 0.3) is 0 Å². The third-order valence-corrected chi connectivity index (χ3v) is 4.93. The maximum atomic E-state index is 12.9. The average Bonchev–Trinajstić information content (AvgIpc) is 3.01. The standard InChI is InChI=1S/C25H28N2O3/c1-4-5-8-21-17-26(15-18(2)3)25(30)27(21)16-19-11-13-20(14-12-19)22-9-6-7-10-23(22)24(28)29/h5-14,17-18H,4,15-16H2,1-3H3,(H,28,29). The van der Waals surface area contributed by atoms with Gasteiger partial charge in [-0.05, 0) is 41.2 Å². The molecule has 0 spiro atoms. The van der Waals surface area contributed by atoms with Gasteiger partial charge in [0.2, 0.25) is 0 Å². The number of benzene rings is 2. The number of aromatic carboxylic acids is 1. The Morgan fingerprint density at radius 2 is 1.80 bits per heavy atom. The molecule has 0 aliphatic heterocycles. The van der Waals surface area contributed by atoms with Crippen LogP contribution < -0.4 is 5.69 Å². The Morgan fingerprint density at radius 3 is 2.43 bits per heavy atom. The third-order valence-electron chi connectivity index (χ3n) is 4.93. The van der Waals surface area contributed by atoms with E-state index in [9.17, 15) is 14.7 Å². The van der Waals surface area contributed by atoms with Crippen LogP contribution in [-0.2, 0) is 13.1 Å². The van der Waals surface area contributed by atoms with E-state index >= 15 is 0 Å². The summed E-state index contributed by atoms with van der Waals surface area (Å²) < 4.78 is 3.56. The lowest BCUT2D eigenvalue weighted by atomic mass is 9.99. The smallest absolute Gasteiger partial charge is 0.336 e. The third kappa shape index (κ3) is 4.79. The van der Waals surface area contributed by atoms with E-state index in [1.807, 2.05) is 48.7 Å². The second-order valence-electron chi connectivity index (χ2n) is 7.83. The van der Waals surface area contributed by atoms with Crippen molar-refractivity contribution < 1.29 is 9.90 Å². The molecular formula is C25H28N2O3. The summed E-state index contributed by atoms with van der Waals surface area (Å²) in [7, 11) is 0. The molecule has 30 heavy (non-hydrogen) atoms. The van der Waals surface area contributed by atoms with E-state index in [-0.39, 0.29) is 11.3 Å². The van der Waals surface area contributed by atoms with Crippen LogP contribution >= 0.6 is 0 Å². The predicted molar refractivity (Wildman–Crippen MR) is 121 cm³/mol. The molecule has 0 fully saturated rings. The Kier molecular flexibility index (Phi) is 6.72. The first-order valence-corrected chi connectivity index (χ1v) is 10.3. The van der Waals surface area contributed by atoms with E-state index < -0.39 is 5.97 Å². The number of imidazole rings is 1. The second-order valence-corrected chi connectivity index (χ2v) is 7.83. The Labute approximate surface area is 176 Å². The molecule has 0 saturated carbocycles. The number of allylic oxidation sites excluding steroid dienone is 1. The van der Waals surface area contributed by atoms with E-state index in [1.54, 1.807) is 21.3 Å². The summed E-state index contributed by atoms with van der Waals surface area (Å²) in [6, 6.07) is 14.7. The maximum Gasteiger partial charge on any atom is 0.336 e. The van der Waals surface area contributed by atoms with Crippen molar-refractivity contribution in [2.24, 2.45) is 5.92 Å². The van der Waals surface area contributed by atoms with Crippen molar-refractivity contribution in [3.63, 3.8) is 0 Å². The fourth-order valence-corrected chi connectivity index (χ4v) is 3.50. The van der Waals surface area contributed by atoms with Gasteiger partial charge in [0.15, 0.2) is 0 Å². The van der Waals surface area contributed by atoms with Gasteiger partial charge in [-0.3, -0.25) is 9.13 Å². The Morgan fingerprint density at radius 1 is 1.10 bits per heavy atom. The predicted octanol–water partition coefficient (Wildman–Crippen LogP) is 5.14. The number of carboxylic acid groups (broad SMARTS) is 1. The molecule has 1 heterocycles. The van der Waals surface area contributed by atoms with Crippen LogP contribution in [0.2, 0.25) is 0 Å². The molecule has 0 unspecified atom stereocenters. The fraction of sp³-hybridized carbons (Fsp3) is 0.280. The van der Waals surface area contributed by atoms with Gasteiger partial charge in [-0.25, -0.2) is 9.59 Å². The van der Waals surface area contributed by atoms with Crippen molar-refractivity contribution in [3.05, 3.63) is 88.1 Å². The molecule has 1 N–H and O–H groups in total. The topological polar surface area (TPSA) is 64.2 Å². The molecule has 156 valence electrons. The Bertz CT molecular complexity index is 1100. The van der Waals surface area contributed by atoms with Crippen molar-refractivity contribution >= 4 is 12.0 Å². The van der Waals surface area contributed by atoms with Crippen LogP contribution in [-0.4, -0.2) is 20.2 Å². The molecule has 0 bridgehead atoms. The highest BCUT2D eigenvalue weighted by Gasteiger charge is 2.13. The van der Waals surface area contributed by atoms with Crippen molar-refractivity contribution in [2.45, 2.75) is 40.3 Å². The molecule has 5 heteroatoms. The minimum Gasteiger partial charge on any atom is -0.478 e. The molecule has 5 nitrogen and oxygen atoms in total. The molecule has 0 radical (unpaired) electrons. The summed E-state index contributed by atoms with van der Waals surface area (Å²) in [5.41, 5.74) is 3.67. The van der Waals surface area contributed by atoms with Crippen molar-refractivity contribution in [1.82, 2.24) is 9.13 Å². The molecule has 3 rings (SSSR count). The molecule has 2 aromatic carbocycles. The van der Waals surface area contributed by atoms with Gasteiger partial charge < -0.3 is 5.11 Å². The molecule has 0 saturated heterocycles. The zero-order chi connectivity index (χ0) is 21.7. The lowest BCUT2D eigenvalue weighted by Gasteiger charge is -2.09. The number of hydrogen-bond donors (Lipinski definition) is 1. The van der Waals surface area contributed by atoms with Gasteiger partial charge in [-0.2, -0.15) is 0 Å². The summed E-state index contributed by atoms with van der Waals surface area (Å²) in [4.78, 5) is 24.4. The lowest BCUT2D eigenvalue weighted by molar-refractivity contribution is 0.0697. The van der Waals surface area contributed by atoms with Gasteiger partial charge in [-0.15, -0.1) is 0 Å². The monoisotopic (exact) mass is 404 g/mol. The summed E-state index contributed by atoms with van der Waals surface area (Å²) in [6.07, 6.45) is 6.87. The quantitative estimate of drug-likeness (QED) is 0.565. The molecular weight excluding hydrogens is 376 g/mol. The summed E-state index contributed by atoms with van der Waals surface area (Å²) in [5, 5.41) is 9.43. The van der Waals surface area contributed by atoms with Gasteiger partial charge in [-0.1, -0.05) is 69.3 Å². The molecule has 0 amide bonds. The van der Waals surface area contributed by atoms with Crippen LogP contribution in [0.5, 0.6) is 0 Å². The van der Waals surface area contributed by atoms with Gasteiger partial charge in [0, 0.05) is 12.7 Å². The van der Waals surface area contributed by atoms with Crippen molar-refractivity contribution in [2.75, 3.05) is 0 Å². The Hall–Kier alpha value is -3.34. The number of carboxylic acids is 1. The normalized spacial score (nSPS) is 11.5. The number of aromatic nitrogens is 2. The van der Waals surface area contributed by atoms with Crippen LogP contribution in [0.3, 0.4) is 0 Å². The zero-order valence-electron chi connectivity index (χ0n) is 17.7. The highest BCUT2D eigenvalue weighted by molar-refractivity contribution is 5.95.